The lowest BCUT2D eigenvalue weighted by Gasteiger charge is -2.29. The summed E-state index contributed by atoms with van der Waals surface area (Å²) in [6, 6.07) is 9.26. The van der Waals surface area contributed by atoms with Crippen molar-refractivity contribution in [2.45, 2.75) is 30.6 Å². The molecular weight excluding hydrogens is 364 g/mol. The van der Waals surface area contributed by atoms with Gasteiger partial charge in [-0.05, 0) is 18.2 Å². The molecule has 2 rings (SSSR count). The Morgan fingerprint density at radius 3 is 2.21 bits per heavy atom. The van der Waals surface area contributed by atoms with E-state index in [1.165, 1.54) is 0 Å². The Bertz CT molecular complexity index is 760. The minimum atomic E-state index is -3.77. The highest BCUT2D eigenvalue weighted by atomic mass is 32.3. The van der Waals surface area contributed by atoms with Crippen LogP contribution in [0.15, 0.2) is 39.0 Å². The third kappa shape index (κ3) is 5.38. The van der Waals surface area contributed by atoms with Crippen molar-refractivity contribution < 1.29 is 17.4 Å². The third-order valence-corrected chi connectivity index (χ3v) is 10.2. The second-order valence-electron chi connectivity index (χ2n) is 7.02. The largest absolute Gasteiger partial charge is 0.379 e. The van der Waals surface area contributed by atoms with E-state index >= 15 is 0 Å². The Morgan fingerprint density at radius 2 is 1.67 bits per heavy atom. The summed E-state index contributed by atoms with van der Waals surface area (Å²) in [5.74, 6) is -0.0448. The van der Waals surface area contributed by atoms with Crippen LogP contribution in [0.25, 0.3) is 0 Å². The Labute approximate surface area is 146 Å². The van der Waals surface area contributed by atoms with E-state index in [0.717, 1.165) is 0 Å². The van der Waals surface area contributed by atoms with Crippen molar-refractivity contribution in [2.24, 2.45) is 3.77 Å². The average molecular weight is 391 g/mol. The molecule has 1 aromatic rings. The lowest BCUT2D eigenvalue weighted by Crippen LogP contribution is -2.41. The fraction of sp³-hybridized carbons (Fsp3) is 0.600. The zero-order valence-electron chi connectivity index (χ0n) is 14.5. The first-order valence-electron chi connectivity index (χ1n) is 8.01. The van der Waals surface area contributed by atoms with Gasteiger partial charge in [0.15, 0.2) is 9.92 Å². The highest BCUT2D eigenvalue weighted by Gasteiger charge is 2.28. The number of benzene rings is 1. The van der Waals surface area contributed by atoms with E-state index in [2.05, 4.69) is 23.4 Å². The maximum Gasteiger partial charge on any atom is 0.261 e. The second-order valence-corrected chi connectivity index (χ2v) is 16.8. The van der Waals surface area contributed by atoms with Crippen molar-refractivity contribution in [3.05, 3.63) is 30.3 Å². The Hall–Kier alpha value is -0.743. The topological polar surface area (TPSA) is 76.0 Å². The molecule has 0 aliphatic carbocycles. The predicted octanol–water partition coefficient (Wildman–Crippen LogP) is 2.43. The van der Waals surface area contributed by atoms with Gasteiger partial charge in [-0.25, -0.2) is 16.9 Å². The van der Waals surface area contributed by atoms with Gasteiger partial charge in [0.25, 0.3) is 10.0 Å². The summed E-state index contributed by atoms with van der Waals surface area (Å²) < 4.78 is 49.5. The molecule has 0 aromatic heterocycles. The lowest BCUT2D eigenvalue weighted by molar-refractivity contribution is 0.0745. The van der Waals surface area contributed by atoms with Crippen LogP contribution >= 0.6 is 0 Å². The van der Waals surface area contributed by atoms with Crippen molar-refractivity contribution in [1.29, 1.82) is 0 Å². The van der Waals surface area contributed by atoms with Gasteiger partial charge in [0.2, 0.25) is 0 Å². The van der Waals surface area contributed by atoms with Gasteiger partial charge in [-0.1, -0.05) is 41.6 Å². The smallest absolute Gasteiger partial charge is 0.261 e. The van der Waals surface area contributed by atoms with Gasteiger partial charge in [0.05, 0.1) is 23.9 Å². The number of morpholine rings is 1. The van der Waals surface area contributed by atoms with Crippen molar-refractivity contribution in [2.75, 3.05) is 32.1 Å². The van der Waals surface area contributed by atoms with E-state index < -0.39 is 28.0 Å². The van der Waals surface area contributed by atoms with Crippen LogP contribution in [0.2, 0.25) is 25.7 Å². The van der Waals surface area contributed by atoms with E-state index in [1.807, 2.05) is 6.07 Å². The summed E-state index contributed by atoms with van der Waals surface area (Å²) in [6.45, 7) is 7.99. The van der Waals surface area contributed by atoms with Gasteiger partial charge in [-0.15, -0.1) is 0 Å². The molecule has 0 N–H and O–H groups in total. The number of sulfonamides is 1. The monoisotopic (exact) mass is 390 g/mol. The number of hydrogen-bond acceptors (Lipinski definition) is 4. The van der Waals surface area contributed by atoms with Crippen LogP contribution in [0.5, 0.6) is 0 Å². The Morgan fingerprint density at radius 1 is 1.08 bits per heavy atom. The summed E-state index contributed by atoms with van der Waals surface area (Å²) in [5.41, 5.74) is 0. The van der Waals surface area contributed by atoms with Gasteiger partial charge in [0, 0.05) is 21.2 Å². The average Bonchev–Trinajstić information content (AvgIpc) is 2.54. The van der Waals surface area contributed by atoms with E-state index in [4.69, 9.17) is 4.74 Å². The highest BCUT2D eigenvalue weighted by Crippen LogP contribution is 2.22. The Balaban J connectivity index is 2.44. The van der Waals surface area contributed by atoms with Gasteiger partial charge >= 0.3 is 0 Å². The van der Waals surface area contributed by atoms with E-state index in [-0.39, 0.29) is 5.75 Å². The summed E-state index contributed by atoms with van der Waals surface area (Å²) in [4.78, 5) is 0.434. The second kappa shape index (κ2) is 7.65. The van der Waals surface area contributed by atoms with Crippen molar-refractivity contribution in [1.82, 2.24) is 4.31 Å². The number of nitrogens with zero attached hydrogens (tertiary/aromatic N) is 2. The van der Waals surface area contributed by atoms with Gasteiger partial charge < -0.3 is 4.74 Å². The molecule has 136 valence electrons. The fourth-order valence-corrected chi connectivity index (χ4v) is 9.44. The molecule has 6 nitrogen and oxygen atoms in total. The maximum atomic E-state index is 13.6. The van der Waals surface area contributed by atoms with E-state index in [0.29, 0.717) is 37.2 Å². The molecule has 0 saturated carbocycles. The molecular formula is C15H26N2O4S2Si. The maximum absolute atomic E-state index is 13.6. The first-order valence-corrected chi connectivity index (χ1v) is 14.8. The van der Waals surface area contributed by atoms with Gasteiger partial charge in [-0.2, -0.15) is 0 Å². The van der Waals surface area contributed by atoms with Crippen LogP contribution in [0, 0.1) is 0 Å². The quantitative estimate of drug-likeness (QED) is 0.699. The van der Waals surface area contributed by atoms with E-state index in [1.54, 1.807) is 28.6 Å². The lowest BCUT2D eigenvalue weighted by atomic mass is 10.4. The molecule has 9 heteroatoms. The standard InChI is InChI=1S/C15H26N2O4S2Si/c1-24(2,3)14-13-22(18,19)16-23(20,15-7-5-4-6-8-15)17-9-11-21-12-10-17/h4-8H,9-14H2,1-3H3. The molecule has 1 aromatic carbocycles. The summed E-state index contributed by atoms with van der Waals surface area (Å²) in [6.07, 6.45) is 0. The molecule has 0 bridgehead atoms. The summed E-state index contributed by atoms with van der Waals surface area (Å²) >= 11 is 0. The summed E-state index contributed by atoms with van der Waals surface area (Å²) in [5, 5.41) is 0. The van der Waals surface area contributed by atoms with Crippen molar-refractivity contribution in [3.8, 4) is 0 Å². The molecule has 1 heterocycles. The predicted molar refractivity (Wildman–Crippen MR) is 99.6 cm³/mol. The summed E-state index contributed by atoms with van der Waals surface area (Å²) in [7, 11) is -8.48. The van der Waals surface area contributed by atoms with Crippen LogP contribution in [-0.4, -0.2) is 57.1 Å². The molecule has 1 aliphatic rings. The Kier molecular flexibility index (Phi) is 6.24. The minimum Gasteiger partial charge on any atom is -0.379 e. The van der Waals surface area contributed by atoms with Crippen molar-refractivity contribution >= 4 is 28.0 Å². The SMILES string of the molecule is C[Si](C)(C)CCS(=O)(=O)N=S(=O)(c1ccccc1)N1CCOCC1. The van der Waals surface area contributed by atoms with Crippen molar-refractivity contribution in [3.63, 3.8) is 0 Å². The molecule has 1 atom stereocenters. The highest BCUT2D eigenvalue weighted by molar-refractivity contribution is 8.02. The van der Waals surface area contributed by atoms with Crippen LogP contribution < -0.4 is 0 Å². The molecule has 1 saturated heterocycles. The first kappa shape index (κ1) is 19.6. The third-order valence-electron chi connectivity index (χ3n) is 3.69. The molecule has 24 heavy (non-hydrogen) atoms. The number of ether oxygens (including phenoxy) is 1. The molecule has 1 unspecified atom stereocenters. The van der Waals surface area contributed by atoms with E-state index in [9.17, 15) is 12.6 Å². The normalized spacial score (nSPS) is 19.6. The minimum absolute atomic E-state index is 0.0448. The number of hydrogen-bond donors (Lipinski definition) is 0. The molecule has 0 radical (unpaired) electrons. The molecule has 1 fully saturated rings. The number of rotatable bonds is 6. The van der Waals surface area contributed by atoms with Crippen LogP contribution in [0.3, 0.4) is 0 Å². The first-order chi connectivity index (χ1) is 11.1. The van der Waals surface area contributed by atoms with Crippen LogP contribution in [0.1, 0.15) is 0 Å². The van der Waals surface area contributed by atoms with Crippen LogP contribution in [0.4, 0.5) is 0 Å². The van der Waals surface area contributed by atoms with Gasteiger partial charge in [0.1, 0.15) is 0 Å². The fourth-order valence-electron chi connectivity index (χ4n) is 2.26. The van der Waals surface area contributed by atoms with Crippen LogP contribution in [-0.2, 0) is 24.7 Å². The van der Waals surface area contributed by atoms with Gasteiger partial charge in [-0.3, -0.25) is 0 Å². The molecule has 1 aliphatic heterocycles. The zero-order chi connectivity index (χ0) is 17.8. The zero-order valence-corrected chi connectivity index (χ0v) is 17.1. The molecule has 0 amide bonds. The molecule has 0 spiro atoms.